The zero-order valence-electron chi connectivity index (χ0n) is 22.2. The van der Waals surface area contributed by atoms with Gasteiger partial charge in [-0.1, -0.05) is 42.0 Å². The van der Waals surface area contributed by atoms with Crippen molar-refractivity contribution in [2.24, 2.45) is 0 Å². The first-order valence-electron chi connectivity index (χ1n) is 12.6. The second-order valence-electron chi connectivity index (χ2n) is 9.78. The summed E-state index contributed by atoms with van der Waals surface area (Å²) < 4.78 is 78.5. The summed E-state index contributed by atoms with van der Waals surface area (Å²) in [5, 5.41) is 0.252. The van der Waals surface area contributed by atoms with Crippen molar-refractivity contribution in [3.63, 3.8) is 0 Å². The van der Waals surface area contributed by atoms with Gasteiger partial charge in [0.15, 0.2) is 17.3 Å². The van der Waals surface area contributed by atoms with E-state index in [2.05, 4.69) is 0 Å². The summed E-state index contributed by atoms with van der Waals surface area (Å²) in [4.78, 5) is 27.7. The molecule has 1 atom stereocenters. The van der Waals surface area contributed by atoms with Gasteiger partial charge in [0.25, 0.3) is 5.56 Å². The summed E-state index contributed by atoms with van der Waals surface area (Å²) in [7, 11) is 1.26. The molecular formula is C31H24F5NO3S. The second-order valence-corrected chi connectivity index (χ2v) is 10.8. The van der Waals surface area contributed by atoms with Crippen LogP contribution in [0.5, 0.6) is 5.75 Å². The Morgan fingerprint density at radius 3 is 2.41 bits per heavy atom. The van der Waals surface area contributed by atoms with Crippen LogP contribution in [-0.4, -0.2) is 23.2 Å². The van der Waals surface area contributed by atoms with E-state index in [1.54, 1.807) is 18.2 Å². The minimum atomic E-state index is -4.83. The highest BCUT2D eigenvalue weighted by Crippen LogP contribution is 2.43. The monoisotopic (exact) mass is 585 g/mol. The first kappa shape index (κ1) is 28.6. The van der Waals surface area contributed by atoms with Gasteiger partial charge >= 0.3 is 6.18 Å². The molecule has 0 saturated carbocycles. The molecule has 41 heavy (non-hydrogen) atoms. The van der Waals surface area contributed by atoms with E-state index in [1.165, 1.54) is 36.8 Å². The molecule has 5 rings (SSSR count). The SMILES string of the molecule is COc1cccc(-c2c(C)c(Cc3c(F)cccc3C(F)(F)F)c3n(c2=O)C(C(=O)c2cccc(C)c2)CS3)c1F. The van der Waals surface area contributed by atoms with Crippen molar-refractivity contribution in [3.05, 3.63) is 116 Å². The molecule has 0 N–H and O–H groups in total. The van der Waals surface area contributed by atoms with Gasteiger partial charge in [0.2, 0.25) is 0 Å². The van der Waals surface area contributed by atoms with Gasteiger partial charge in [0.1, 0.15) is 11.9 Å². The number of fused-ring (bicyclic) bond motifs is 1. The lowest BCUT2D eigenvalue weighted by Crippen LogP contribution is -2.31. The number of methoxy groups -OCH3 is 1. The van der Waals surface area contributed by atoms with Gasteiger partial charge in [-0.25, -0.2) is 8.78 Å². The molecule has 1 aliphatic heterocycles. The molecule has 1 aliphatic rings. The Kier molecular flexibility index (Phi) is 7.54. The zero-order chi connectivity index (χ0) is 29.6. The fraction of sp³-hybridized carbons (Fsp3) is 0.226. The van der Waals surface area contributed by atoms with E-state index in [4.69, 9.17) is 4.74 Å². The van der Waals surface area contributed by atoms with E-state index >= 15 is 4.39 Å². The van der Waals surface area contributed by atoms with Crippen LogP contribution in [0.4, 0.5) is 22.0 Å². The van der Waals surface area contributed by atoms with Crippen molar-refractivity contribution in [2.45, 2.75) is 37.5 Å². The molecule has 0 amide bonds. The van der Waals surface area contributed by atoms with Crippen LogP contribution in [0, 0.1) is 25.5 Å². The Hall–Kier alpha value is -3.92. The number of ether oxygens (including phenoxy) is 1. The third-order valence-electron chi connectivity index (χ3n) is 7.26. The fourth-order valence-electron chi connectivity index (χ4n) is 5.25. The third kappa shape index (κ3) is 5.05. The molecule has 0 aliphatic carbocycles. The van der Waals surface area contributed by atoms with E-state index in [0.717, 1.165) is 35.5 Å². The molecule has 3 aromatic carbocycles. The zero-order valence-corrected chi connectivity index (χ0v) is 23.1. The molecule has 0 saturated heterocycles. The highest BCUT2D eigenvalue weighted by atomic mass is 32.2. The maximum absolute atomic E-state index is 15.5. The summed E-state index contributed by atoms with van der Waals surface area (Å²) >= 11 is 1.13. The summed E-state index contributed by atoms with van der Waals surface area (Å²) in [5.74, 6) is -2.27. The number of ketones is 1. The molecule has 0 spiro atoms. The predicted molar refractivity (Wildman–Crippen MR) is 147 cm³/mol. The van der Waals surface area contributed by atoms with Crippen molar-refractivity contribution >= 4 is 17.5 Å². The Morgan fingerprint density at radius 2 is 1.73 bits per heavy atom. The van der Waals surface area contributed by atoms with Crippen LogP contribution in [0.3, 0.4) is 0 Å². The standard InChI is InChI=1S/C31H24F5NO3S/c1-16-7-4-8-18(13-16)28(38)24-15-41-30-20(14-21-22(31(34,35)36)10-6-11-23(21)32)17(2)26(29(39)37(24)30)19-9-5-12-25(40-3)27(19)33/h4-13,24H,14-15H2,1-3H3. The number of hydrogen-bond donors (Lipinski definition) is 0. The minimum Gasteiger partial charge on any atom is -0.494 e. The molecule has 0 fully saturated rings. The highest BCUT2D eigenvalue weighted by Gasteiger charge is 2.38. The van der Waals surface area contributed by atoms with Gasteiger partial charge in [0.05, 0.1) is 23.3 Å². The van der Waals surface area contributed by atoms with Crippen molar-refractivity contribution in [3.8, 4) is 16.9 Å². The van der Waals surface area contributed by atoms with E-state index < -0.39 is 47.0 Å². The van der Waals surface area contributed by atoms with Gasteiger partial charge in [-0.3, -0.25) is 14.2 Å². The van der Waals surface area contributed by atoms with Crippen molar-refractivity contribution in [2.75, 3.05) is 12.9 Å². The molecule has 0 radical (unpaired) electrons. The predicted octanol–water partition coefficient (Wildman–Crippen LogP) is 7.56. The fourth-order valence-corrected chi connectivity index (χ4v) is 6.62. The van der Waals surface area contributed by atoms with Crippen LogP contribution in [0.2, 0.25) is 0 Å². The first-order valence-corrected chi connectivity index (χ1v) is 13.6. The van der Waals surface area contributed by atoms with Crippen LogP contribution < -0.4 is 10.3 Å². The van der Waals surface area contributed by atoms with E-state index in [1.807, 2.05) is 13.0 Å². The largest absolute Gasteiger partial charge is 0.494 e. The van der Waals surface area contributed by atoms with E-state index in [9.17, 15) is 27.2 Å². The number of pyridine rings is 1. The Labute approximate surface area is 236 Å². The number of Topliss-reactive ketones (excluding diaryl/α,β-unsaturated/α-hetero) is 1. The van der Waals surface area contributed by atoms with Crippen molar-refractivity contribution in [1.29, 1.82) is 0 Å². The molecule has 0 bridgehead atoms. The number of benzene rings is 3. The Balaban J connectivity index is 1.79. The molecule has 1 unspecified atom stereocenters. The molecule has 4 aromatic rings. The minimum absolute atomic E-state index is 0.127. The van der Waals surface area contributed by atoms with Gasteiger partial charge < -0.3 is 4.74 Å². The molecular weight excluding hydrogens is 561 g/mol. The maximum Gasteiger partial charge on any atom is 0.416 e. The number of nitrogens with zero attached hydrogens (tertiary/aromatic N) is 1. The lowest BCUT2D eigenvalue weighted by Gasteiger charge is -2.22. The number of aromatic nitrogens is 1. The molecule has 10 heteroatoms. The van der Waals surface area contributed by atoms with E-state index in [0.29, 0.717) is 5.56 Å². The first-order chi connectivity index (χ1) is 19.4. The second kappa shape index (κ2) is 10.8. The summed E-state index contributed by atoms with van der Waals surface area (Å²) in [5.41, 5.74) is -1.09. The molecule has 212 valence electrons. The van der Waals surface area contributed by atoms with Crippen LogP contribution in [0.15, 0.2) is 70.5 Å². The number of hydrogen-bond acceptors (Lipinski definition) is 4. The van der Waals surface area contributed by atoms with Crippen molar-refractivity contribution in [1.82, 2.24) is 4.57 Å². The number of rotatable bonds is 6. The molecule has 4 nitrogen and oxygen atoms in total. The number of alkyl halides is 3. The lowest BCUT2D eigenvalue weighted by molar-refractivity contribution is -0.138. The summed E-state index contributed by atoms with van der Waals surface area (Å²) in [6, 6.07) is 12.8. The topological polar surface area (TPSA) is 48.3 Å². The van der Waals surface area contributed by atoms with Gasteiger partial charge in [-0.05, 0) is 49.2 Å². The van der Waals surface area contributed by atoms with E-state index in [-0.39, 0.29) is 44.6 Å². The van der Waals surface area contributed by atoms with Crippen LogP contribution in [0.25, 0.3) is 11.1 Å². The summed E-state index contributed by atoms with van der Waals surface area (Å²) in [6.07, 6.45) is -5.36. The number of thioether (sulfide) groups is 1. The normalized spacial score (nSPS) is 14.7. The average Bonchev–Trinajstić information content (AvgIpc) is 3.37. The third-order valence-corrected chi connectivity index (χ3v) is 8.46. The smallest absolute Gasteiger partial charge is 0.416 e. The Morgan fingerprint density at radius 1 is 1.02 bits per heavy atom. The van der Waals surface area contributed by atoms with Gasteiger partial charge in [0, 0.05) is 28.9 Å². The quantitative estimate of drug-likeness (QED) is 0.173. The van der Waals surface area contributed by atoms with Crippen molar-refractivity contribution < 1.29 is 31.5 Å². The van der Waals surface area contributed by atoms with Crippen LogP contribution in [0.1, 0.15) is 44.2 Å². The highest BCUT2D eigenvalue weighted by molar-refractivity contribution is 7.99. The average molecular weight is 586 g/mol. The molecule has 2 heterocycles. The summed E-state index contributed by atoms with van der Waals surface area (Å²) in [6.45, 7) is 3.31. The number of carbonyl (C=O) groups excluding carboxylic acids is 1. The van der Waals surface area contributed by atoms with Crippen LogP contribution >= 0.6 is 11.8 Å². The molecule has 1 aromatic heterocycles. The number of carbonyl (C=O) groups is 1. The van der Waals surface area contributed by atoms with Gasteiger partial charge in [-0.2, -0.15) is 13.2 Å². The lowest BCUT2D eigenvalue weighted by atomic mass is 9.92. The number of halogens is 5. The van der Waals surface area contributed by atoms with Gasteiger partial charge in [-0.15, -0.1) is 11.8 Å². The van der Waals surface area contributed by atoms with Crippen LogP contribution in [-0.2, 0) is 12.6 Å². The Bertz CT molecular complexity index is 1750. The maximum atomic E-state index is 15.5. The number of aryl methyl sites for hydroxylation is 1.